The van der Waals surface area contributed by atoms with Crippen LogP contribution in [0, 0.1) is 11.8 Å². The Bertz CT molecular complexity index is 427. The first kappa shape index (κ1) is 13.0. The standard InChI is InChI=1S/C17H25NO/c1-12-5-3-8-16(12)17(18-2)13-6-4-7-15(11-13)19-14-9-10-14/h4,6-7,11-12,14,16-18H,3,5,8-10H2,1-2H3. The van der Waals surface area contributed by atoms with Crippen LogP contribution in [0.15, 0.2) is 24.3 Å². The van der Waals surface area contributed by atoms with Gasteiger partial charge in [-0.15, -0.1) is 0 Å². The Morgan fingerprint density at radius 3 is 2.68 bits per heavy atom. The van der Waals surface area contributed by atoms with Crippen LogP contribution in [0.3, 0.4) is 0 Å². The lowest BCUT2D eigenvalue weighted by Gasteiger charge is -2.27. The number of ether oxygens (including phenoxy) is 1. The van der Waals surface area contributed by atoms with Crippen LogP contribution < -0.4 is 10.1 Å². The van der Waals surface area contributed by atoms with Gasteiger partial charge >= 0.3 is 0 Å². The Morgan fingerprint density at radius 2 is 2.05 bits per heavy atom. The lowest BCUT2D eigenvalue weighted by molar-refractivity contribution is 0.297. The first-order chi connectivity index (χ1) is 9.28. The number of rotatable bonds is 5. The van der Waals surface area contributed by atoms with Gasteiger partial charge in [-0.05, 0) is 55.8 Å². The maximum Gasteiger partial charge on any atom is 0.120 e. The van der Waals surface area contributed by atoms with Gasteiger partial charge < -0.3 is 10.1 Å². The summed E-state index contributed by atoms with van der Waals surface area (Å²) in [4.78, 5) is 0. The van der Waals surface area contributed by atoms with Crippen molar-refractivity contribution in [2.24, 2.45) is 11.8 Å². The molecule has 1 aromatic rings. The summed E-state index contributed by atoms with van der Waals surface area (Å²) >= 11 is 0. The van der Waals surface area contributed by atoms with E-state index < -0.39 is 0 Å². The summed E-state index contributed by atoms with van der Waals surface area (Å²) < 4.78 is 5.92. The van der Waals surface area contributed by atoms with Gasteiger partial charge in [-0.3, -0.25) is 0 Å². The SMILES string of the molecule is CNC(c1cccc(OC2CC2)c1)C1CCCC1C. The van der Waals surface area contributed by atoms with Crippen molar-refractivity contribution in [3.8, 4) is 5.75 Å². The highest BCUT2D eigenvalue weighted by Gasteiger charge is 2.31. The molecule has 0 spiro atoms. The first-order valence-corrected chi connectivity index (χ1v) is 7.72. The normalized spacial score (nSPS) is 28.3. The van der Waals surface area contributed by atoms with Crippen molar-refractivity contribution in [1.82, 2.24) is 5.32 Å². The lowest BCUT2D eigenvalue weighted by Crippen LogP contribution is -2.26. The van der Waals surface area contributed by atoms with Gasteiger partial charge in [0, 0.05) is 6.04 Å². The molecule has 2 saturated carbocycles. The van der Waals surface area contributed by atoms with E-state index in [1.807, 2.05) is 0 Å². The van der Waals surface area contributed by atoms with Gasteiger partial charge in [0.1, 0.15) is 5.75 Å². The Kier molecular flexibility index (Phi) is 3.79. The second-order valence-corrected chi connectivity index (χ2v) is 6.23. The minimum absolute atomic E-state index is 0.472. The number of benzene rings is 1. The molecule has 0 saturated heterocycles. The first-order valence-electron chi connectivity index (χ1n) is 7.72. The third kappa shape index (κ3) is 2.94. The predicted molar refractivity (Wildman–Crippen MR) is 78.4 cm³/mol. The summed E-state index contributed by atoms with van der Waals surface area (Å²) in [5, 5.41) is 3.53. The molecule has 0 aliphatic heterocycles. The minimum Gasteiger partial charge on any atom is -0.490 e. The molecular weight excluding hydrogens is 234 g/mol. The molecule has 1 aromatic carbocycles. The third-order valence-electron chi connectivity index (χ3n) is 4.71. The van der Waals surface area contributed by atoms with Gasteiger partial charge in [-0.25, -0.2) is 0 Å². The molecule has 0 radical (unpaired) electrons. The average Bonchev–Trinajstić information content (AvgIpc) is 3.13. The Hall–Kier alpha value is -1.02. The quantitative estimate of drug-likeness (QED) is 0.865. The molecule has 0 bridgehead atoms. The molecule has 2 nitrogen and oxygen atoms in total. The maximum absolute atomic E-state index is 5.92. The van der Waals surface area contributed by atoms with Crippen molar-refractivity contribution < 1.29 is 4.74 Å². The van der Waals surface area contributed by atoms with Gasteiger partial charge in [0.15, 0.2) is 0 Å². The van der Waals surface area contributed by atoms with Crippen LogP contribution >= 0.6 is 0 Å². The minimum atomic E-state index is 0.472. The average molecular weight is 259 g/mol. The fourth-order valence-electron chi connectivity index (χ4n) is 3.46. The van der Waals surface area contributed by atoms with E-state index in [4.69, 9.17) is 4.74 Å². The van der Waals surface area contributed by atoms with Gasteiger partial charge in [0.2, 0.25) is 0 Å². The summed E-state index contributed by atoms with van der Waals surface area (Å²) in [6, 6.07) is 9.18. The van der Waals surface area contributed by atoms with Crippen molar-refractivity contribution in [1.29, 1.82) is 0 Å². The van der Waals surface area contributed by atoms with Crippen LogP contribution in [0.2, 0.25) is 0 Å². The largest absolute Gasteiger partial charge is 0.490 e. The predicted octanol–water partition coefficient (Wildman–Crippen LogP) is 3.92. The number of hydrogen-bond donors (Lipinski definition) is 1. The molecule has 2 aliphatic rings. The zero-order valence-corrected chi connectivity index (χ0v) is 12.1. The zero-order valence-electron chi connectivity index (χ0n) is 12.1. The Labute approximate surface area is 116 Å². The molecule has 3 unspecified atom stereocenters. The highest BCUT2D eigenvalue weighted by atomic mass is 16.5. The Balaban J connectivity index is 1.77. The van der Waals surface area contributed by atoms with Crippen LogP contribution in [0.4, 0.5) is 0 Å². The molecule has 104 valence electrons. The second kappa shape index (κ2) is 5.54. The van der Waals surface area contributed by atoms with Crippen molar-refractivity contribution in [2.45, 2.75) is 51.2 Å². The van der Waals surface area contributed by atoms with Crippen LogP contribution in [0.25, 0.3) is 0 Å². The van der Waals surface area contributed by atoms with Crippen LogP contribution in [0.5, 0.6) is 5.75 Å². The monoisotopic (exact) mass is 259 g/mol. The summed E-state index contributed by atoms with van der Waals surface area (Å²) in [6.07, 6.45) is 7.02. The van der Waals surface area contributed by atoms with E-state index in [2.05, 4.69) is 43.6 Å². The van der Waals surface area contributed by atoms with Crippen LogP contribution in [-0.2, 0) is 0 Å². The molecule has 2 heteroatoms. The molecule has 0 heterocycles. The zero-order chi connectivity index (χ0) is 13.2. The summed E-state index contributed by atoms with van der Waals surface area (Å²) in [7, 11) is 2.09. The lowest BCUT2D eigenvalue weighted by atomic mass is 9.86. The maximum atomic E-state index is 5.92. The fraction of sp³-hybridized carbons (Fsp3) is 0.647. The van der Waals surface area contributed by atoms with Crippen molar-refractivity contribution in [3.05, 3.63) is 29.8 Å². The van der Waals surface area contributed by atoms with Gasteiger partial charge in [-0.2, -0.15) is 0 Å². The van der Waals surface area contributed by atoms with E-state index in [0.29, 0.717) is 12.1 Å². The van der Waals surface area contributed by atoms with E-state index in [9.17, 15) is 0 Å². The van der Waals surface area contributed by atoms with E-state index in [-0.39, 0.29) is 0 Å². The number of hydrogen-bond acceptors (Lipinski definition) is 2. The smallest absolute Gasteiger partial charge is 0.120 e. The highest BCUT2D eigenvalue weighted by Crippen LogP contribution is 2.40. The Morgan fingerprint density at radius 1 is 1.21 bits per heavy atom. The van der Waals surface area contributed by atoms with E-state index >= 15 is 0 Å². The summed E-state index contributed by atoms with van der Waals surface area (Å²) in [5.41, 5.74) is 1.39. The molecule has 1 N–H and O–H groups in total. The molecule has 0 amide bonds. The van der Waals surface area contributed by atoms with Gasteiger partial charge in [0.05, 0.1) is 6.10 Å². The van der Waals surface area contributed by atoms with E-state index in [1.165, 1.54) is 37.7 Å². The molecule has 19 heavy (non-hydrogen) atoms. The second-order valence-electron chi connectivity index (χ2n) is 6.23. The topological polar surface area (TPSA) is 21.3 Å². The molecule has 0 aromatic heterocycles. The molecule has 2 fully saturated rings. The molecule has 2 aliphatic carbocycles. The molecule has 3 rings (SSSR count). The van der Waals surface area contributed by atoms with Crippen LogP contribution in [0.1, 0.15) is 50.6 Å². The number of nitrogens with one attached hydrogen (secondary N) is 1. The summed E-state index contributed by atoms with van der Waals surface area (Å²) in [6.45, 7) is 2.40. The van der Waals surface area contributed by atoms with Crippen molar-refractivity contribution in [2.75, 3.05) is 7.05 Å². The molecular formula is C17H25NO. The van der Waals surface area contributed by atoms with Crippen LogP contribution in [-0.4, -0.2) is 13.2 Å². The van der Waals surface area contributed by atoms with Crippen molar-refractivity contribution in [3.63, 3.8) is 0 Å². The summed E-state index contributed by atoms with van der Waals surface area (Å²) in [5.74, 6) is 2.64. The van der Waals surface area contributed by atoms with E-state index in [1.54, 1.807) is 0 Å². The molecule has 3 atom stereocenters. The fourth-order valence-corrected chi connectivity index (χ4v) is 3.46. The van der Waals surface area contributed by atoms with Gasteiger partial charge in [0.25, 0.3) is 0 Å². The van der Waals surface area contributed by atoms with Crippen molar-refractivity contribution >= 4 is 0 Å². The van der Waals surface area contributed by atoms with Gasteiger partial charge in [-0.1, -0.05) is 31.9 Å². The van der Waals surface area contributed by atoms with E-state index in [0.717, 1.165) is 17.6 Å². The highest BCUT2D eigenvalue weighted by molar-refractivity contribution is 5.31. The third-order valence-corrected chi connectivity index (χ3v) is 4.71.